The van der Waals surface area contributed by atoms with Crippen LogP contribution in [0.1, 0.15) is 127 Å². The van der Waals surface area contributed by atoms with E-state index in [0.29, 0.717) is 0 Å². The van der Waals surface area contributed by atoms with Crippen LogP contribution in [0.15, 0.2) is 122 Å². The minimum absolute atomic E-state index is 0. The van der Waals surface area contributed by atoms with Crippen LogP contribution in [0.3, 0.4) is 0 Å². The van der Waals surface area contributed by atoms with Gasteiger partial charge in [0.2, 0.25) is 0 Å². The average molecular weight is 951 g/mol. The van der Waals surface area contributed by atoms with Crippen LogP contribution in [-0.2, 0) is 37.4 Å². The predicted molar refractivity (Wildman–Crippen MR) is 238 cm³/mol. The molecule has 305 valence electrons. The maximum atomic E-state index is 10.1. The molecule has 0 saturated heterocycles. The molecule has 0 aliphatic heterocycles. The van der Waals surface area contributed by atoms with Crippen LogP contribution in [0.5, 0.6) is 0 Å². The normalized spacial score (nSPS) is 11.3. The van der Waals surface area contributed by atoms with Gasteiger partial charge in [-0.1, -0.05) is 148 Å². The average Bonchev–Trinajstić information content (AvgIpc) is 3.22. The van der Waals surface area contributed by atoms with E-state index >= 15 is 0 Å². The molecule has 2 heterocycles. The number of rotatable bonds is 14. The monoisotopic (exact) mass is 951 g/mol. The van der Waals surface area contributed by atoms with Crippen molar-refractivity contribution in [3.63, 3.8) is 0 Å². The SMILES string of the molecule is CCCCCCCCCCc1cnc(-c2[c-]ccc(-c3cc(-c4ccc(C(C)(C)C)cc4)cc(-c4ccc(C(C)(C)C)cc4)c3)c2)nc1.O=C(O)c1ccccn1.[Ir]. The molecule has 0 saturated carbocycles. The Morgan fingerprint density at radius 1 is 0.586 bits per heavy atom. The Labute approximate surface area is 361 Å². The number of aromatic nitrogens is 3. The summed E-state index contributed by atoms with van der Waals surface area (Å²) in [5.41, 5.74) is 12.3. The van der Waals surface area contributed by atoms with Crippen molar-refractivity contribution in [2.75, 3.05) is 0 Å². The van der Waals surface area contributed by atoms with Crippen LogP contribution in [-0.4, -0.2) is 26.0 Å². The number of nitrogens with zero attached hydrogens (tertiary/aromatic N) is 3. The first-order valence-corrected chi connectivity index (χ1v) is 20.7. The number of carbonyl (C=O) groups is 1. The molecule has 6 rings (SSSR count). The molecule has 0 aliphatic rings. The van der Waals surface area contributed by atoms with Crippen LogP contribution in [0.25, 0.3) is 44.8 Å². The van der Waals surface area contributed by atoms with Gasteiger partial charge in [0.25, 0.3) is 0 Å². The first kappa shape index (κ1) is 45.9. The molecule has 0 amide bonds. The number of hydrogen-bond donors (Lipinski definition) is 1. The molecule has 0 bridgehead atoms. The Bertz CT molecular complexity index is 2070. The van der Waals surface area contributed by atoms with E-state index < -0.39 is 5.97 Å². The fraction of sp³-hybridized carbons (Fsp3) is 0.346. The minimum atomic E-state index is -0.990. The van der Waals surface area contributed by atoms with E-state index in [0.717, 1.165) is 23.4 Å². The Balaban J connectivity index is 0.000000657. The van der Waals surface area contributed by atoms with Gasteiger partial charge in [0.1, 0.15) is 5.69 Å². The van der Waals surface area contributed by atoms with E-state index in [1.807, 2.05) is 18.5 Å². The molecule has 0 unspecified atom stereocenters. The third-order valence-electron chi connectivity index (χ3n) is 10.4. The second-order valence-corrected chi connectivity index (χ2v) is 17.1. The molecule has 0 spiro atoms. The maximum absolute atomic E-state index is 10.1. The Morgan fingerprint density at radius 2 is 1.09 bits per heavy atom. The van der Waals surface area contributed by atoms with E-state index in [9.17, 15) is 4.79 Å². The van der Waals surface area contributed by atoms with Crippen molar-refractivity contribution in [3.8, 4) is 44.8 Å². The van der Waals surface area contributed by atoms with Crippen LogP contribution in [0, 0.1) is 6.07 Å². The summed E-state index contributed by atoms with van der Waals surface area (Å²) in [6.07, 6.45) is 17.1. The molecule has 1 radical (unpaired) electrons. The molecule has 5 nitrogen and oxygen atoms in total. The topological polar surface area (TPSA) is 76.0 Å². The Kier molecular flexibility index (Phi) is 17.3. The number of benzene rings is 4. The summed E-state index contributed by atoms with van der Waals surface area (Å²) >= 11 is 0. The summed E-state index contributed by atoms with van der Waals surface area (Å²) in [5.74, 6) is -0.265. The molecule has 0 fully saturated rings. The molecule has 0 aliphatic carbocycles. The van der Waals surface area contributed by atoms with Crippen LogP contribution in [0.4, 0.5) is 0 Å². The van der Waals surface area contributed by atoms with E-state index in [1.54, 1.807) is 12.1 Å². The zero-order chi connectivity index (χ0) is 40.8. The van der Waals surface area contributed by atoms with Gasteiger partial charge in [-0.3, -0.25) is 9.97 Å². The molecule has 58 heavy (non-hydrogen) atoms. The summed E-state index contributed by atoms with van der Waals surface area (Å²) in [6, 6.07) is 39.6. The van der Waals surface area contributed by atoms with Gasteiger partial charge in [-0.2, -0.15) is 0 Å². The first-order chi connectivity index (χ1) is 27.3. The molecule has 0 atom stereocenters. The smallest absolute Gasteiger partial charge is 0.354 e. The number of carboxylic acids is 1. The Morgan fingerprint density at radius 3 is 1.53 bits per heavy atom. The van der Waals surface area contributed by atoms with Crippen molar-refractivity contribution in [2.45, 2.75) is 117 Å². The van der Waals surface area contributed by atoms with Gasteiger partial charge in [-0.25, -0.2) is 9.78 Å². The summed E-state index contributed by atoms with van der Waals surface area (Å²) < 4.78 is 0. The second kappa shape index (κ2) is 21.8. The van der Waals surface area contributed by atoms with Gasteiger partial charge in [0.15, 0.2) is 0 Å². The number of aromatic carboxylic acids is 1. The van der Waals surface area contributed by atoms with E-state index in [-0.39, 0.29) is 36.6 Å². The summed E-state index contributed by atoms with van der Waals surface area (Å²) in [7, 11) is 0. The number of aryl methyl sites for hydroxylation is 1. The zero-order valence-corrected chi connectivity index (χ0v) is 37.8. The molecule has 2 aromatic heterocycles. The predicted octanol–water partition coefficient (Wildman–Crippen LogP) is 14.0. The van der Waals surface area contributed by atoms with Crippen molar-refractivity contribution >= 4 is 5.97 Å². The fourth-order valence-corrected chi connectivity index (χ4v) is 6.80. The van der Waals surface area contributed by atoms with Crippen molar-refractivity contribution in [3.05, 3.63) is 150 Å². The second-order valence-electron chi connectivity index (χ2n) is 17.1. The van der Waals surface area contributed by atoms with Crippen molar-refractivity contribution in [1.82, 2.24) is 15.0 Å². The molecular weight excluding hydrogens is 891 g/mol. The van der Waals surface area contributed by atoms with Gasteiger partial charge in [-0.05, 0) is 98.5 Å². The van der Waals surface area contributed by atoms with Gasteiger partial charge in [-0.15, -0.1) is 35.4 Å². The first-order valence-electron chi connectivity index (χ1n) is 20.7. The van der Waals surface area contributed by atoms with E-state index in [2.05, 4.69) is 138 Å². The molecule has 1 N–H and O–H groups in total. The zero-order valence-electron chi connectivity index (χ0n) is 35.4. The van der Waals surface area contributed by atoms with Gasteiger partial charge < -0.3 is 5.11 Å². The van der Waals surface area contributed by atoms with E-state index in [4.69, 9.17) is 15.1 Å². The van der Waals surface area contributed by atoms with Gasteiger partial charge in [0, 0.05) is 38.7 Å². The van der Waals surface area contributed by atoms with Crippen LogP contribution in [0.2, 0.25) is 0 Å². The summed E-state index contributed by atoms with van der Waals surface area (Å²) in [4.78, 5) is 23.3. The standard InChI is InChI=1S/C46H55N2.C6H5NO2.Ir/c1-8-9-10-11-12-13-14-15-17-34-32-47-44(48-33-34)38-19-16-18-37(28-38)41-30-39(35-20-24-42(25-21-35)45(2,3)4)29-40(31-41)36-22-26-43(27-23-36)46(5,6)7;8-6(9)5-3-1-2-4-7-5;/h16,18,20-33H,8-15,17H2,1-7H3;1-4H,(H,8,9);/q-1;;. The molecule has 4 aromatic carbocycles. The molecule has 6 aromatic rings. The maximum Gasteiger partial charge on any atom is 0.354 e. The number of unbranched alkanes of at least 4 members (excludes halogenated alkanes) is 7. The molecular formula is C52H60IrN3O2-. The minimum Gasteiger partial charge on any atom is -0.477 e. The van der Waals surface area contributed by atoms with Crippen molar-refractivity contribution in [2.24, 2.45) is 0 Å². The summed E-state index contributed by atoms with van der Waals surface area (Å²) in [5, 5.41) is 8.32. The summed E-state index contributed by atoms with van der Waals surface area (Å²) in [6.45, 7) is 15.9. The molecule has 6 heteroatoms. The van der Waals surface area contributed by atoms with Crippen LogP contribution < -0.4 is 0 Å². The third-order valence-corrected chi connectivity index (χ3v) is 10.4. The number of pyridine rings is 1. The quantitative estimate of drug-likeness (QED) is 0.0870. The van der Waals surface area contributed by atoms with Gasteiger partial charge >= 0.3 is 5.97 Å². The van der Waals surface area contributed by atoms with Crippen LogP contribution >= 0.6 is 0 Å². The number of carboxylic acid groups (broad SMARTS) is 1. The number of hydrogen-bond acceptors (Lipinski definition) is 4. The largest absolute Gasteiger partial charge is 0.477 e. The van der Waals surface area contributed by atoms with Gasteiger partial charge in [0.05, 0.1) is 5.82 Å². The van der Waals surface area contributed by atoms with Crippen molar-refractivity contribution in [1.29, 1.82) is 0 Å². The fourth-order valence-electron chi connectivity index (χ4n) is 6.80. The third kappa shape index (κ3) is 13.7. The van der Waals surface area contributed by atoms with E-state index in [1.165, 1.54) is 108 Å². The Hall–Kier alpha value is -4.77. The van der Waals surface area contributed by atoms with Crippen molar-refractivity contribution < 1.29 is 30.0 Å².